The van der Waals surface area contributed by atoms with Crippen LogP contribution in [0.2, 0.25) is 5.02 Å². The topological polar surface area (TPSA) is 69.9 Å². The standard InChI is InChI=1S/C26H21Br2ClN2O4S/c1-4-10-35-23-15(11-16(27)13-18(23)28)12-20-24(32)31-22(17-8-6-7-9-19(17)29)21(25(33)34-5-2)14(3)30-26(31)36-20/h4,6-9,11-13,22H,1,5,10H2,2-3H3/b20-12-/t22-/m0/s1. The highest BCUT2D eigenvalue weighted by Crippen LogP contribution is 2.35. The van der Waals surface area contributed by atoms with E-state index >= 15 is 0 Å². The number of carbonyl (C=O) groups excluding carboxylic acids is 1. The van der Waals surface area contributed by atoms with E-state index in [1.54, 1.807) is 44.2 Å². The highest BCUT2D eigenvalue weighted by molar-refractivity contribution is 9.11. The Labute approximate surface area is 233 Å². The van der Waals surface area contributed by atoms with Crippen molar-refractivity contribution in [3.05, 3.63) is 105 Å². The summed E-state index contributed by atoms with van der Waals surface area (Å²) in [6.45, 7) is 7.67. The molecule has 0 radical (unpaired) electrons. The van der Waals surface area contributed by atoms with Gasteiger partial charge < -0.3 is 9.47 Å². The van der Waals surface area contributed by atoms with E-state index in [2.05, 4.69) is 43.4 Å². The quantitative estimate of drug-likeness (QED) is 0.248. The average molecular weight is 653 g/mol. The first kappa shape index (κ1) is 26.6. The Hall–Kier alpha value is -2.46. The van der Waals surface area contributed by atoms with Crippen LogP contribution in [0, 0.1) is 0 Å². The van der Waals surface area contributed by atoms with E-state index in [-0.39, 0.29) is 17.7 Å². The number of ether oxygens (including phenoxy) is 2. The Bertz CT molecular complexity index is 1580. The van der Waals surface area contributed by atoms with E-state index in [0.29, 0.717) is 43.5 Å². The molecular formula is C26H21Br2ClN2O4S. The van der Waals surface area contributed by atoms with Crippen molar-refractivity contribution in [1.29, 1.82) is 0 Å². The molecular weight excluding hydrogens is 632 g/mol. The summed E-state index contributed by atoms with van der Waals surface area (Å²) in [5.41, 5.74) is 1.77. The van der Waals surface area contributed by atoms with Crippen LogP contribution in [0.4, 0.5) is 0 Å². The SMILES string of the molecule is C=CCOc1c(Br)cc(Br)cc1/C=c1\sc2n(c1=O)[C@@H](c1ccccc1Cl)C(C(=O)OCC)=C(C)N=2. The van der Waals surface area contributed by atoms with Gasteiger partial charge in [0, 0.05) is 15.1 Å². The lowest BCUT2D eigenvalue weighted by Crippen LogP contribution is -2.40. The lowest BCUT2D eigenvalue weighted by molar-refractivity contribution is -0.139. The van der Waals surface area contributed by atoms with Gasteiger partial charge in [-0.2, -0.15) is 0 Å². The van der Waals surface area contributed by atoms with Gasteiger partial charge in [-0.3, -0.25) is 9.36 Å². The third-order valence-corrected chi connectivity index (χ3v) is 7.76. The number of fused-ring (bicyclic) bond motifs is 1. The summed E-state index contributed by atoms with van der Waals surface area (Å²) < 4.78 is 14.7. The molecule has 186 valence electrons. The first-order valence-electron chi connectivity index (χ1n) is 10.9. The predicted molar refractivity (Wildman–Crippen MR) is 149 cm³/mol. The minimum atomic E-state index is -0.776. The Morgan fingerprint density at radius 1 is 1.31 bits per heavy atom. The summed E-state index contributed by atoms with van der Waals surface area (Å²) in [7, 11) is 0. The first-order chi connectivity index (χ1) is 17.3. The van der Waals surface area contributed by atoms with Crippen molar-refractivity contribution in [1.82, 2.24) is 4.57 Å². The van der Waals surface area contributed by atoms with Crippen LogP contribution < -0.4 is 19.6 Å². The molecule has 0 fully saturated rings. The van der Waals surface area contributed by atoms with E-state index < -0.39 is 12.0 Å². The van der Waals surface area contributed by atoms with Gasteiger partial charge in [0.2, 0.25) is 0 Å². The molecule has 0 unspecified atom stereocenters. The lowest BCUT2D eigenvalue weighted by Gasteiger charge is -2.25. The van der Waals surface area contributed by atoms with Gasteiger partial charge in [0.15, 0.2) is 4.80 Å². The van der Waals surface area contributed by atoms with Crippen LogP contribution in [-0.2, 0) is 9.53 Å². The molecule has 1 aliphatic heterocycles. The fourth-order valence-corrected chi connectivity index (χ4v) is 6.56. The van der Waals surface area contributed by atoms with Gasteiger partial charge in [0.25, 0.3) is 5.56 Å². The lowest BCUT2D eigenvalue weighted by atomic mass is 9.96. The molecule has 6 nitrogen and oxygen atoms in total. The zero-order valence-electron chi connectivity index (χ0n) is 19.4. The number of hydrogen-bond acceptors (Lipinski definition) is 6. The van der Waals surface area contributed by atoms with Crippen molar-refractivity contribution in [2.45, 2.75) is 19.9 Å². The maximum atomic E-state index is 13.8. The summed E-state index contributed by atoms with van der Waals surface area (Å²) in [5, 5.41) is 0.435. The van der Waals surface area contributed by atoms with Gasteiger partial charge >= 0.3 is 5.97 Å². The van der Waals surface area contributed by atoms with Crippen LogP contribution >= 0.6 is 54.8 Å². The number of esters is 1. The summed E-state index contributed by atoms with van der Waals surface area (Å²) >= 11 is 14.8. The second kappa shape index (κ2) is 11.3. The van der Waals surface area contributed by atoms with Gasteiger partial charge in [-0.05, 0) is 59.6 Å². The third-order valence-electron chi connectivity index (χ3n) is 5.39. The van der Waals surface area contributed by atoms with Crippen molar-refractivity contribution in [2.24, 2.45) is 4.99 Å². The third kappa shape index (κ3) is 5.16. The van der Waals surface area contributed by atoms with Crippen LogP contribution in [0.5, 0.6) is 5.75 Å². The minimum absolute atomic E-state index is 0.195. The molecule has 0 saturated heterocycles. The second-order valence-corrected chi connectivity index (χ2v) is 10.9. The van der Waals surface area contributed by atoms with Gasteiger partial charge in [0.1, 0.15) is 18.4 Å². The van der Waals surface area contributed by atoms with Crippen LogP contribution in [-0.4, -0.2) is 23.8 Å². The molecule has 0 saturated carbocycles. The minimum Gasteiger partial charge on any atom is -0.488 e. The van der Waals surface area contributed by atoms with Crippen molar-refractivity contribution in [2.75, 3.05) is 13.2 Å². The van der Waals surface area contributed by atoms with Crippen LogP contribution in [0.25, 0.3) is 6.08 Å². The number of benzene rings is 2. The molecule has 36 heavy (non-hydrogen) atoms. The molecule has 3 aromatic rings. The maximum absolute atomic E-state index is 13.8. The fraction of sp³-hybridized carbons (Fsp3) is 0.192. The Morgan fingerprint density at radius 3 is 2.75 bits per heavy atom. The Kier molecular flexibility index (Phi) is 8.34. The van der Waals surface area contributed by atoms with Gasteiger partial charge in [-0.15, -0.1) is 0 Å². The summed E-state index contributed by atoms with van der Waals surface area (Å²) in [6.07, 6.45) is 3.40. The number of nitrogens with zero attached hydrogens (tertiary/aromatic N) is 2. The van der Waals surface area contributed by atoms with Crippen molar-refractivity contribution in [3.8, 4) is 5.75 Å². The normalized spacial score (nSPS) is 15.4. The Balaban J connectivity index is 1.98. The van der Waals surface area contributed by atoms with E-state index in [9.17, 15) is 9.59 Å². The number of rotatable bonds is 7. The van der Waals surface area contributed by atoms with E-state index in [1.165, 1.54) is 15.9 Å². The first-order valence-corrected chi connectivity index (χ1v) is 13.7. The molecule has 1 atom stereocenters. The molecule has 4 rings (SSSR count). The zero-order chi connectivity index (χ0) is 26.0. The largest absolute Gasteiger partial charge is 0.488 e. The van der Waals surface area contributed by atoms with Crippen LogP contribution in [0.15, 0.2) is 79.1 Å². The van der Waals surface area contributed by atoms with Gasteiger partial charge in [-0.1, -0.05) is 69.7 Å². The number of carbonyl (C=O) groups is 1. The second-order valence-electron chi connectivity index (χ2n) is 7.73. The molecule has 0 spiro atoms. The number of thiazole rings is 1. The van der Waals surface area contributed by atoms with E-state index in [0.717, 1.165) is 8.95 Å². The van der Waals surface area contributed by atoms with Crippen LogP contribution in [0.1, 0.15) is 31.0 Å². The average Bonchev–Trinajstić information content (AvgIpc) is 3.12. The maximum Gasteiger partial charge on any atom is 0.338 e. The number of hydrogen-bond donors (Lipinski definition) is 0. The van der Waals surface area contributed by atoms with E-state index in [1.807, 2.05) is 18.2 Å². The molecule has 0 N–H and O–H groups in total. The smallest absolute Gasteiger partial charge is 0.338 e. The van der Waals surface area contributed by atoms with E-state index in [4.69, 9.17) is 21.1 Å². The Morgan fingerprint density at radius 2 is 2.06 bits per heavy atom. The number of allylic oxidation sites excluding steroid dienone is 1. The van der Waals surface area contributed by atoms with Gasteiger partial charge in [-0.25, -0.2) is 9.79 Å². The summed E-state index contributed by atoms with van der Waals surface area (Å²) in [5.74, 6) is 0.0453. The van der Waals surface area contributed by atoms with Gasteiger partial charge in [0.05, 0.1) is 26.9 Å². The number of aromatic nitrogens is 1. The van der Waals surface area contributed by atoms with Crippen molar-refractivity contribution in [3.63, 3.8) is 0 Å². The molecule has 2 aromatic carbocycles. The fourth-order valence-electron chi connectivity index (χ4n) is 3.91. The molecule has 1 aromatic heterocycles. The molecule has 0 bridgehead atoms. The van der Waals surface area contributed by atoms with Crippen molar-refractivity contribution < 1.29 is 14.3 Å². The monoisotopic (exact) mass is 650 g/mol. The highest BCUT2D eigenvalue weighted by atomic mass is 79.9. The van der Waals surface area contributed by atoms with Crippen LogP contribution in [0.3, 0.4) is 0 Å². The molecule has 10 heteroatoms. The summed E-state index contributed by atoms with van der Waals surface area (Å²) in [6, 6.07) is 10.1. The predicted octanol–water partition coefficient (Wildman–Crippen LogP) is 5.54. The zero-order valence-corrected chi connectivity index (χ0v) is 24.1. The summed E-state index contributed by atoms with van der Waals surface area (Å²) in [4.78, 5) is 31.9. The molecule has 0 amide bonds. The number of halogens is 3. The highest BCUT2D eigenvalue weighted by Gasteiger charge is 2.34. The van der Waals surface area contributed by atoms with Crippen molar-refractivity contribution >= 4 is 66.8 Å². The molecule has 1 aliphatic rings. The molecule has 2 heterocycles. The molecule has 0 aliphatic carbocycles.